The minimum atomic E-state index is -0.131. The van der Waals surface area contributed by atoms with Gasteiger partial charge in [0.1, 0.15) is 0 Å². The van der Waals surface area contributed by atoms with E-state index in [0.717, 1.165) is 73.5 Å². The van der Waals surface area contributed by atoms with Crippen LogP contribution >= 0.6 is 0 Å². The summed E-state index contributed by atoms with van der Waals surface area (Å²) in [7, 11) is 0. The summed E-state index contributed by atoms with van der Waals surface area (Å²) in [5.41, 5.74) is 6.56. The van der Waals surface area contributed by atoms with Gasteiger partial charge >= 0.3 is 0 Å². The molecule has 1 N–H and O–H groups in total. The van der Waals surface area contributed by atoms with Crippen LogP contribution in [-0.2, 0) is 9.47 Å². The molecule has 0 bridgehead atoms. The molecule has 3 heterocycles. The second-order valence-corrected chi connectivity index (χ2v) is 8.74. The fraction of sp³-hybridized carbons (Fsp3) is 0.385. The summed E-state index contributed by atoms with van der Waals surface area (Å²) in [5.74, 6) is -0.131. The largest absolute Gasteiger partial charge is 0.378 e. The molecule has 2 fully saturated rings. The van der Waals surface area contributed by atoms with Crippen molar-refractivity contribution in [2.45, 2.75) is 13.8 Å². The summed E-state index contributed by atoms with van der Waals surface area (Å²) in [5, 5.41) is 7.66. The molecule has 0 radical (unpaired) electrons. The Bertz CT molecular complexity index is 1150. The Kier molecular flexibility index (Phi) is 6.51. The lowest BCUT2D eigenvalue weighted by Crippen LogP contribution is -2.38. The van der Waals surface area contributed by atoms with Gasteiger partial charge in [0.25, 0.3) is 5.91 Å². The van der Waals surface area contributed by atoms with Crippen molar-refractivity contribution < 1.29 is 14.3 Å². The molecule has 2 aliphatic rings. The van der Waals surface area contributed by atoms with Crippen LogP contribution in [0.2, 0.25) is 0 Å². The lowest BCUT2D eigenvalue weighted by atomic mass is 10.1. The molecule has 0 saturated carbocycles. The van der Waals surface area contributed by atoms with Gasteiger partial charge in [-0.2, -0.15) is 5.10 Å². The van der Waals surface area contributed by atoms with E-state index in [1.807, 2.05) is 54.9 Å². The molecule has 8 nitrogen and oxygen atoms in total. The number of anilines is 3. The number of aromatic nitrogens is 2. The third-order valence-corrected chi connectivity index (χ3v) is 6.34. The smallest absolute Gasteiger partial charge is 0.255 e. The van der Waals surface area contributed by atoms with Crippen LogP contribution in [0.5, 0.6) is 0 Å². The number of amides is 1. The Morgan fingerprint density at radius 2 is 1.44 bits per heavy atom. The second-order valence-electron chi connectivity index (χ2n) is 8.74. The van der Waals surface area contributed by atoms with E-state index in [9.17, 15) is 4.79 Å². The van der Waals surface area contributed by atoms with E-state index in [4.69, 9.17) is 9.47 Å². The molecule has 2 aromatic carbocycles. The third-order valence-electron chi connectivity index (χ3n) is 6.34. The highest BCUT2D eigenvalue weighted by Gasteiger charge is 2.20. The van der Waals surface area contributed by atoms with Crippen molar-refractivity contribution in [3.63, 3.8) is 0 Å². The number of hydrogen-bond donors (Lipinski definition) is 1. The predicted molar refractivity (Wildman–Crippen MR) is 133 cm³/mol. The van der Waals surface area contributed by atoms with Crippen LogP contribution in [0.25, 0.3) is 5.69 Å². The summed E-state index contributed by atoms with van der Waals surface area (Å²) in [6.07, 6.45) is 0. The number of carbonyl (C=O) groups is 1. The maximum absolute atomic E-state index is 13.2. The van der Waals surface area contributed by atoms with Gasteiger partial charge in [-0.1, -0.05) is 0 Å². The highest BCUT2D eigenvalue weighted by atomic mass is 16.5. The molecule has 0 spiro atoms. The Hall–Kier alpha value is -3.36. The van der Waals surface area contributed by atoms with Crippen molar-refractivity contribution in [2.75, 3.05) is 67.7 Å². The summed E-state index contributed by atoms with van der Waals surface area (Å²) in [4.78, 5) is 17.8. The highest BCUT2D eigenvalue weighted by Crippen LogP contribution is 2.32. The normalized spacial score (nSPS) is 16.5. The maximum atomic E-state index is 13.2. The van der Waals surface area contributed by atoms with Crippen LogP contribution in [0.3, 0.4) is 0 Å². The van der Waals surface area contributed by atoms with Crippen molar-refractivity contribution >= 4 is 23.0 Å². The zero-order valence-corrected chi connectivity index (χ0v) is 19.8. The number of nitrogens with zero attached hydrogens (tertiary/aromatic N) is 4. The molecule has 3 aromatic rings. The van der Waals surface area contributed by atoms with E-state index in [1.54, 1.807) is 0 Å². The van der Waals surface area contributed by atoms with E-state index < -0.39 is 0 Å². The molecule has 0 aliphatic carbocycles. The average molecular weight is 462 g/mol. The van der Waals surface area contributed by atoms with Gasteiger partial charge in [-0.25, -0.2) is 4.68 Å². The predicted octanol–water partition coefficient (Wildman–Crippen LogP) is 3.41. The van der Waals surface area contributed by atoms with Gasteiger partial charge in [-0.05, 0) is 62.4 Å². The Balaban J connectivity index is 1.38. The molecule has 0 atom stereocenters. The molecule has 2 saturated heterocycles. The summed E-state index contributed by atoms with van der Waals surface area (Å²) < 4.78 is 12.9. The second kappa shape index (κ2) is 9.87. The van der Waals surface area contributed by atoms with Crippen molar-refractivity contribution in [2.24, 2.45) is 0 Å². The lowest BCUT2D eigenvalue weighted by Gasteiger charge is -2.33. The Labute approximate surface area is 200 Å². The molecular weight excluding hydrogens is 430 g/mol. The molecule has 178 valence electrons. The minimum Gasteiger partial charge on any atom is -0.378 e. The molecule has 1 amide bonds. The van der Waals surface area contributed by atoms with Crippen molar-refractivity contribution in [3.8, 4) is 5.69 Å². The number of rotatable bonds is 5. The first-order valence-corrected chi connectivity index (χ1v) is 11.8. The molecular formula is C26H31N5O3. The van der Waals surface area contributed by atoms with E-state index in [1.165, 1.54) is 0 Å². The number of morpholine rings is 2. The number of aryl methyl sites for hydroxylation is 2. The SMILES string of the molecule is Cc1cc(C)n(-c2ccc(C(=O)Nc3ccc(N4CCOCC4)cc3N3CCOCC3)cc2)n1. The van der Waals surface area contributed by atoms with Crippen LogP contribution in [0.15, 0.2) is 48.5 Å². The molecule has 1 aromatic heterocycles. The monoisotopic (exact) mass is 461 g/mol. The van der Waals surface area contributed by atoms with Gasteiger partial charge in [0.2, 0.25) is 0 Å². The fourth-order valence-electron chi connectivity index (χ4n) is 4.55. The van der Waals surface area contributed by atoms with Gasteiger partial charge in [0.15, 0.2) is 0 Å². The van der Waals surface area contributed by atoms with Crippen molar-refractivity contribution in [1.82, 2.24) is 9.78 Å². The minimum absolute atomic E-state index is 0.131. The number of carbonyl (C=O) groups excluding carboxylic acids is 1. The average Bonchev–Trinajstić information content (AvgIpc) is 3.23. The van der Waals surface area contributed by atoms with Crippen LogP contribution in [0.1, 0.15) is 21.7 Å². The van der Waals surface area contributed by atoms with E-state index >= 15 is 0 Å². The topological polar surface area (TPSA) is 71.9 Å². The fourth-order valence-corrected chi connectivity index (χ4v) is 4.55. The molecule has 5 rings (SSSR count). The number of benzene rings is 2. The van der Waals surface area contributed by atoms with Crippen LogP contribution in [0, 0.1) is 13.8 Å². The Morgan fingerprint density at radius 3 is 2.06 bits per heavy atom. The van der Waals surface area contributed by atoms with Crippen LogP contribution in [-0.4, -0.2) is 68.3 Å². The summed E-state index contributed by atoms with van der Waals surface area (Å²) >= 11 is 0. The highest BCUT2D eigenvalue weighted by molar-refractivity contribution is 6.06. The first-order valence-electron chi connectivity index (χ1n) is 11.8. The number of nitrogens with one attached hydrogen (secondary N) is 1. The molecule has 34 heavy (non-hydrogen) atoms. The summed E-state index contributed by atoms with van der Waals surface area (Å²) in [6, 6.07) is 15.9. The summed E-state index contributed by atoms with van der Waals surface area (Å²) in [6.45, 7) is 10.2. The number of ether oxygens (including phenoxy) is 2. The van der Waals surface area contributed by atoms with Crippen molar-refractivity contribution in [3.05, 3.63) is 65.5 Å². The maximum Gasteiger partial charge on any atom is 0.255 e. The van der Waals surface area contributed by atoms with Gasteiger partial charge in [0.05, 0.1) is 49.2 Å². The van der Waals surface area contributed by atoms with Gasteiger partial charge in [-0.3, -0.25) is 4.79 Å². The number of hydrogen-bond acceptors (Lipinski definition) is 6. The third kappa shape index (κ3) is 4.78. The van der Waals surface area contributed by atoms with Crippen LogP contribution in [0.4, 0.5) is 17.1 Å². The quantitative estimate of drug-likeness (QED) is 0.628. The van der Waals surface area contributed by atoms with Crippen LogP contribution < -0.4 is 15.1 Å². The zero-order chi connectivity index (χ0) is 23.5. The molecule has 8 heteroatoms. The van der Waals surface area contributed by atoms with Gasteiger partial charge in [-0.15, -0.1) is 0 Å². The van der Waals surface area contributed by atoms with E-state index in [0.29, 0.717) is 18.8 Å². The first kappa shape index (κ1) is 22.4. The van der Waals surface area contributed by atoms with E-state index in [2.05, 4.69) is 32.3 Å². The standard InChI is InChI=1S/C26H31N5O3/c1-19-17-20(2)31(28-19)22-5-3-21(4-6-22)26(32)27-24-8-7-23(29-9-13-33-14-10-29)18-25(24)30-11-15-34-16-12-30/h3-8,17-18H,9-16H2,1-2H3,(H,27,32). The van der Waals surface area contributed by atoms with Gasteiger partial charge < -0.3 is 24.6 Å². The zero-order valence-electron chi connectivity index (χ0n) is 19.8. The lowest BCUT2D eigenvalue weighted by molar-refractivity contribution is 0.102. The van der Waals surface area contributed by atoms with Crippen molar-refractivity contribution in [1.29, 1.82) is 0 Å². The van der Waals surface area contributed by atoms with E-state index in [-0.39, 0.29) is 5.91 Å². The Morgan fingerprint density at radius 1 is 0.824 bits per heavy atom. The molecule has 0 unspecified atom stereocenters. The van der Waals surface area contributed by atoms with Gasteiger partial charge in [0, 0.05) is 43.1 Å². The molecule has 2 aliphatic heterocycles. The first-order chi connectivity index (χ1) is 16.6.